The lowest BCUT2D eigenvalue weighted by atomic mass is 9.78. The van der Waals surface area contributed by atoms with Gasteiger partial charge in [-0.25, -0.2) is 4.39 Å². The van der Waals surface area contributed by atoms with Gasteiger partial charge in [-0.15, -0.1) is 0 Å². The molecule has 0 amide bonds. The van der Waals surface area contributed by atoms with E-state index in [1.807, 2.05) is 0 Å². The third-order valence-corrected chi connectivity index (χ3v) is 7.55. The van der Waals surface area contributed by atoms with Crippen molar-refractivity contribution in [3.63, 3.8) is 0 Å². The molecule has 1 saturated heterocycles. The van der Waals surface area contributed by atoms with Crippen LogP contribution in [-0.4, -0.2) is 56.0 Å². The Bertz CT molecular complexity index is 959. The quantitative estimate of drug-likeness (QED) is 0.691. The Morgan fingerprint density at radius 2 is 1.93 bits per heavy atom. The number of hydrogen-bond acceptors (Lipinski definition) is 4. The van der Waals surface area contributed by atoms with Gasteiger partial charge < -0.3 is 14.7 Å². The molecule has 0 N–H and O–H groups in total. The van der Waals surface area contributed by atoms with Crippen LogP contribution in [-0.2, 0) is 0 Å². The van der Waals surface area contributed by atoms with Gasteiger partial charge in [0, 0.05) is 56.7 Å². The number of fused-ring (bicyclic) bond motifs is 3. The van der Waals surface area contributed by atoms with Crippen molar-refractivity contribution in [2.45, 2.75) is 37.6 Å². The molecule has 0 aromatic heterocycles. The van der Waals surface area contributed by atoms with Gasteiger partial charge in [-0.1, -0.05) is 12.1 Å². The predicted molar refractivity (Wildman–Crippen MR) is 119 cm³/mol. The van der Waals surface area contributed by atoms with E-state index in [0.717, 1.165) is 45.6 Å². The highest BCUT2D eigenvalue weighted by atomic mass is 19.1. The number of nitrogens with zero attached hydrogens (tertiary/aromatic N) is 3. The van der Waals surface area contributed by atoms with Gasteiger partial charge in [0.15, 0.2) is 5.78 Å². The first-order valence-electron chi connectivity index (χ1n) is 11.1. The first kappa shape index (κ1) is 19.6. The number of carbonyl (C=O) groups is 1. The number of hydrogen-bond donors (Lipinski definition) is 0. The molecule has 0 bridgehead atoms. The van der Waals surface area contributed by atoms with Crippen molar-refractivity contribution >= 4 is 17.2 Å². The SMILES string of the molecule is CN1CCN2c3c(cccc31)C1CN(CCCC(=O)c3ccc(F)cc3)CCC12C. The summed E-state index contributed by atoms with van der Waals surface area (Å²) in [6.07, 6.45) is 2.52. The molecule has 0 spiro atoms. The van der Waals surface area contributed by atoms with Crippen LogP contribution in [0.15, 0.2) is 42.5 Å². The number of likely N-dealkylation sites (N-methyl/N-ethyl adjacent to an activating group) is 1. The summed E-state index contributed by atoms with van der Waals surface area (Å²) in [7, 11) is 2.20. The number of Topliss-reactive ketones (excluding diaryl/α,β-unsaturated/α-hetero) is 1. The minimum atomic E-state index is -0.299. The second-order valence-electron chi connectivity index (χ2n) is 9.28. The van der Waals surface area contributed by atoms with Gasteiger partial charge in [-0.3, -0.25) is 4.79 Å². The Kier molecular flexibility index (Phi) is 4.81. The smallest absolute Gasteiger partial charge is 0.162 e. The van der Waals surface area contributed by atoms with Crippen LogP contribution in [0.5, 0.6) is 0 Å². The molecule has 3 aliphatic rings. The van der Waals surface area contributed by atoms with Crippen LogP contribution in [0, 0.1) is 5.82 Å². The topological polar surface area (TPSA) is 26.8 Å². The van der Waals surface area contributed by atoms with Gasteiger partial charge in [0.05, 0.1) is 11.4 Å². The average Bonchev–Trinajstić information content (AvgIpc) is 3.00. The number of anilines is 2. The second kappa shape index (κ2) is 7.38. The Morgan fingerprint density at radius 1 is 1.13 bits per heavy atom. The zero-order chi connectivity index (χ0) is 20.9. The zero-order valence-electron chi connectivity index (χ0n) is 17.9. The van der Waals surface area contributed by atoms with E-state index in [2.05, 4.69) is 46.9 Å². The highest BCUT2D eigenvalue weighted by Crippen LogP contribution is 2.55. The standard InChI is InChI=1S/C25H30FN3O/c1-25-12-14-28(13-4-7-23(30)18-8-10-19(26)11-9-18)17-21(25)20-5-3-6-22-24(20)29(25)16-15-27(22)2/h3,5-6,8-11,21H,4,7,12-17H2,1-2H3. The molecule has 2 atom stereocenters. The largest absolute Gasteiger partial charge is 0.371 e. The molecule has 3 heterocycles. The van der Waals surface area contributed by atoms with Crippen molar-refractivity contribution in [3.8, 4) is 0 Å². The highest BCUT2D eigenvalue weighted by molar-refractivity contribution is 5.95. The van der Waals surface area contributed by atoms with Crippen LogP contribution in [0.1, 0.15) is 48.0 Å². The van der Waals surface area contributed by atoms with Gasteiger partial charge in [0.25, 0.3) is 0 Å². The fourth-order valence-corrected chi connectivity index (χ4v) is 5.73. The molecule has 158 valence electrons. The van der Waals surface area contributed by atoms with Crippen molar-refractivity contribution in [1.82, 2.24) is 4.90 Å². The Balaban J connectivity index is 1.26. The maximum absolute atomic E-state index is 13.1. The van der Waals surface area contributed by atoms with Crippen LogP contribution >= 0.6 is 0 Å². The normalized spacial score (nSPS) is 25.2. The number of likely N-dealkylation sites (tertiary alicyclic amines) is 1. The number of ketones is 1. The molecule has 0 aliphatic carbocycles. The molecular formula is C25H30FN3O. The van der Waals surface area contributed by atoms with Crippen LogP contribution in [0.25, 0.3) is 0 Å². The summed E-state index contributed by atoms with van der Waals surface area (Å²) in [4.78, 5) is 20.0. The third-order valence-electron chi connectivity index (χ3n) is 7.55. The van der Waals surface area contributed by atoms with Gasteiger partial charge >= 0.3 is 0 Å². The minimum Gasteiger partial charge on any atom is -0.371 e. The summed E-state index contributed by atoms with van der Waals surface area (Å²) in [5.74, 6) is 0.320. The Hall–Kier alpha value is -2.40. The molecule has 0 radical (unpaired) electrons. The zero-order valence-corrected chi connectivity index (χ0v) is 17.9. The maximum atomic E-state index is 13.1. The van der Waals surface area contributed by atoms with Crippen LogP contribution < -0.4 is 9.80 Å². The van der Waals surface area contributed by atoms with Crippen molar-refractivity contribution < 1.29 is 9.18 Å². The fraction of sp³-hybridized carbons (Fsp3) is 0.480. The number of benzene rings is 2. The second-order valence-corrected chi connectivity index (χ2v) is 9.28. The van der Waals surface area contributed by atoms with E-state index in [9.17, 15) is 9.18 Å². The molecule has 0 saturated carbocycles. The molecule has 2 unspecified atom stereocenters. The van der Waals surface area contributed by atoms with E-state index < -0.39 is 0 Å². The van der Waals surface area contributed by atoms with Gasteiger partial charge in [0.2, 0.25) is 0 Å². The summed E-state index contributed by atoms with van der Waals surface area (Å²) < 4.78 is 13.1. The molecule has 2 aromatic rings. The van der Waals surface area contributed by atoms with Crippen LogP contribution in [0.3, 0.4) is 0 Å². The predicted octanol–water partition coefficient (Wildman–Crippen LogP) is 4.31. The molecule has 3 aliphatic heterocycles. The van der Waals surface area contributed by atoms with E-state index in [4.69, 9.17) is 0 Å². The number of carbonyl (C=O) groups excluding carboxylic acids is 1. The molecule has 4 nitrogen and oxygen atoms in total. The molecule has 30 heavy (non-hydrogen) atoms. The van der Waals surface area contributed by atoms with E-state index in [-0.39, 0.29) is 17.1 Å². The summed E-state index contributed by atoms with van der Waals surface area (Å²) in [6.45, 7) is 7.69. The first-order valence-corrected chi connectivity index (χ1v) is 11.1. The van der Waals surface area contributed by atoms with Gasteiger partial charge in [-0.2, -0.15) is 0 Å². The van der Waals surface area contributed by atoms with Crippen LogP contribution in [0.2, 0.25) is 0 Å². The maximum Gasteiger partial charge on any atom is 0.162 e. The number of piperidine rings is 1. The summed E-state index contributed by atoms with van der Waals surface area (Å²) in [5, 5.41) is 0. The third kappa shape index (κ3) is 3.11. The van der Waals surface area contributed by atoms with E-state index >= 15 is 0 Å². The number of para-hydroxylation sites is 1. The van der Waals surface area contributed by atoms with Gasteiger partial charge in [0.1, 0.15) is 5.82 Å². The van der Waals surface area contributed by atoms with Crippen molar-refractivity contribution in [2.24, 2.45) is 0 Å². The van der Waals surface area contributed by atoms with Crippen LogP contribution in [0.4, 0.5) is 15.8 Å². The summed E-state index contributed by atoms with van der Waals surface area (Å²) >= 11 is 0. The van der Waals surface area contributed by atoms with E-state index in [1.54, 1.807) is 12.1 Å². The minimum absolute atomic E-state index is 0.104. The fourth-order valence-electron chi connectivity index (χ4n) is 5.73. The van der Waals surface area contributed by atoms with Crippen molar-refractivity contribution in [2.75, 3.05) is 49.6 Å². The Morgan fingerprint density at radius 3 is 2.73 bits per heavy atom. The van der Waals surface area contributed by atoms with E-state index in [0.29, 0.717) is 17.9 Å². The number of rotatable bonds is 5. The summed E-state index contributed by atoms with van der Waals surface area (Å²) in [6, 6.07) is 12.7. The highest BCUT2D eigenvalue weighted by Gasteiger charge is 2.52. The molecular weight excluding hydrogens is 377 g/mol. The first-order chi connectivity index (χ1) is 14.5. The Labute approximate surface area is 178 Å². The van der Waals surface area contributed by atoms with E-state index in [1.165, 1.54) is 29.1 Å². The van der Waals surface area contributed by atoms with Crippen molar-refractivity contribution in [3.05, 3.63) is 59.4 Å². The van der Waals surface area contributed by atoms with Crippen molar-refractivity contribution in [1.29, 1.82) is 0 Å². The number of halogens is 1. The molecule has 1 fully saturated rings. The summed E-state index contributed by atoms with van der Waals surface area (Å²) in [5.41, 5.74) is 5.12. The monoisotopic (exact) mass is 407 g/mol. The molecule has 2 aromatic carbocycles. The molecule has 5 heteroatoms. The average molecular weight is 408 g/mol. The lowest BCUT2D eigenvalue weighted by Gasteiger charge is -2.49. The lowest BCUT2D eigenvalue weighted by Crippen LogP contribution is -2.57. The lowest BCUT2D eigenvalue weighted by molar-refractivity contribution is 0.0965. The molecule has 5 rings (SSSR count). The van der Waals surface area contributed by atoms with Gasteiger partial charge in [-0.05, 0) is 62.2 Å².